The van der Waals surface area contributed by atoms with E-state index in [0.717, 1.165) is 26.8 Å². The van der Waals surface area contributed by atoms with Gasteiger partial charge in [0, 0.05) is 16.2 Å². The molecule has 100 valence electrons. The van der Waals surface area contributed by atoms with Gasteiger partial charge in [-0.15, -0.1) is 12.1 Å². The van der Waals surface area contributed by atoms with Crippen molar-refractivity contribution >= 4 is 33.4 Å². The summed E-state index contributed by atoms with van der Waals surface area (Å²) >= 11 is 3.52. The average molecular weight is 353 g/mol. The summed E-state index contributed by atoms with van der Waals surface area (Å²) in [5.74, 6) is 0. The molecule has 0 bridgehead atoms. The summed E-state index contributed by atoms with van der Waals surface area (Å²) in [6, 6.07) is 16.6. The number of rotatable bonds is 1. The summed E-state index contributed by atoms with van der Waals surface area (Å²) in [6.07, 6.45) is 1.79. The standard InChI is InChI=1S/C14H8BrN2.CH2O2.Na/c15-11-6-2-1-5-10(11)14-9-16-12-7-3-4-8-13(12)17-14;2-1-3;/h1-2,4-9H;1H,(H,2,3);/q-1;;+1. The molecule has 6 heteroatoms. The summed E-state index contributed by atoms with van der Waals surface area (Å²) < 4.78 is 1.02. The molecule has 3 aromatic rings. The third-order valence-electron chi connectivity index (χ3n) is 2.54. The molecule has 1 heterocycles. The van der Waals surface area contributed by atoms with Crippen molar-refractivity contribution in [3.8, 4) is 11.3 Å². The van der Waals surface area contributed by atoms with E-state index < -0.39 is 0 Å². The van der Waals surface area contributed by atoms with E-state index in [9.17, 15) is 0 Å². The predicted molar refractivity (Wildman–Crippen MR) is 80.2 cm³/mol. The van der Waals surface area contributed by atoms with Crippen LogP contribution < -0.4 is 29.6 Å². The summed E-state index contributed by atoms with van der Waals surface area (Å²) in [4.78, 5) is 17.3. The van der Waals surface area contributed by atoms with Crippen LogP contribution in [0.1, 0.15) is 0 Å². The number of fused-ring (bicyclic) bond motifs is 1. The Balaban J connectivity index is 0.000000510. The molecule has 0 saturated carbocycles. The number of hydrogen-bond donors (Lipinski definition) is 1. The van der Waals surface area contributed by atoms with E-state index >= 15 is 0 Å². The molecule has 0 spiro atoms. The first-order chi connectivity index (χ1) is 9.76. The van der Waals surface area contributed by atoms with E-state index in [4.69, 9.17) is 9.90 Å². The summed E-state index contributed by atoms with van der Waals surface area (Å²) in [7, 11) is 0. The van der Waals surface area contributed by atoms with Gasteiger partial charge in [0.1, 0.15) is 0 Å². The van der Waals surface area contributed by atoms with Gasteiger partial charge in [0.05, 0.1) is 5.69 Å². The third-order valence-corrected chi connectivity index (χ3v) is 3.23. The molecular weight excluding hydrogens is 343 g/mol. The van der Waals surface area contributed by atoms with Crippen molar-refractivity contribution in [1.29, 1.82) is 0 Å². The molecule has 0 fully saturated rings. The van der Waals surface area contributed by atoms with Gasteiger partial charge in [0.25, 0.3) is 6.47 Å². The van der Waals surface area contributed by atoms with E-state index in [1.807, 2.05) is 42.5 Å². The summed E-state index contributed by atoms with van der Waals surface area (Å²) in [6.45, 7) is -0.250. The van der Waals surface area contributed by atoms with Crippen LogP contribution in [0, 0.1) is 6.07 Å². The van der Waals surface area contributed by atoms with Crippen molar-refractivity contribution in [2.75, 3.05) is 0 Å². The van der Waals surface area contributed by atoms with Gasteiger partial charge < -0.3 is 10.1 Å². The van der Waals surface area contributed by atoms with Crippen LogP contribution in [0.25, 0.3) is 22.3 Å². The number of carbonyl (C=O) groups is 1. The van der Waals surface area contributed by atoms with Crippen LogP contribution in [0.3, 0.4) is 0 Å². The molecule has 2 aromatic carbocycles. The van der Waals surface area contributed by atoms with Crippen LogP contribution >= 0.6 is 15.9 Å². The van der Waals surface area contributed by atoms with Crippen molar-refractivity contribution < 1.29 is 39.5 Å². The smallest absolute Gasteiger partial charge is 0.483 e. The molecule has 0 aliphatic carbocycles. The first-order valence-corrected chi connectivity index (χ1v) is 6.51. The van der Waals surface area contributed by atoms with Crippen molar-refractivity contribution in [2.24, 2.45) is 0 Å². The van der Waals surface area contributed by atoms with Crippen LogP contribution in [-0.4, -0.2) is 21.5 Å². The quantitative estimate of drug-likeness (QED) is 0.395. The van der Waals surface area contributed by atoms with E-state index in [0.29, 0.717) is 0 Å². The van der Waals surface area contributed by atoms with Gasteiger partial charge in [0.15, 0.2) is 0 Å². The van der Waals surface area contributed by atoms with Gasteiger partial charge >= 0.3 is 29.6 Å². The Labute approximate surface area is 152 Å². The maximum Gasteiger partial charge on any atom is 1.00 e. The third kappa shape index (κ3) is 4.61. The Morgan fingerprint density at radius 1 is 1.19 bits per heavy atom. The molecule has 0 aliphatic heterocycles. The van der Waals surface area contributed by atoms with Crippen molar-refractivity contribution in [2.45, 2.75) is 0 Å². The second-order valence-electron chi connectivity index (χ2n) is 3.76. The Morgan fingerprint density at radius 3 is 2.62 bits per heavy atom. The SMILES string of the molecule is Brc1ccccc1-c1cnc2c[c-]ccc2n1.O=CO.[Na+]. The van der Waals surface area contributed by atoms with Gasteiger partial charge in [-0.1, -0.05) is 34.1 Å². The normalized spacial score (nSPS) is 9.19. The molecule has 0 amide bonds. The minimum atomic E-state index is -0.250. The fraction of sp³-hybridized carbons (Fsp3) is 0. The zero-order chi connectivity index (χ0) is 14.4. The number of halogens is 1. The van der Waals surface area contributed by atoms with Crippen LogP contribution in [-0.2, 0) is 4.79 Å². The number of carboxylic acid groups (broad SMARTS) is 1. The molecule has 21 heavy (non-hydrogen) atoms. The largest absolute Gasteiger partial charge is 1.00 e. The van der Waals surface area contributed by atoms with Crippen molar-refractivity contribution in [3.63, 3.8) is 0 Å². The molecule has 0 saturated heterocycles. The van der Waals surface area contributed by atoms with Crippen LogP contribution in [0.15, 0.2) is 53.1 Å². The number of aromatic nitrogens is 2. The number of nitrogens with zero attached hydrogens (tertiary/aromatic N) is 2. The van der Waals surface area contributed by atoms with E-state index in [-0.39, 0.29) is 36.0 Å². The number of benzene rings is 2. The van der Waals surface area contributed by atoms with Gasteiger partial charge in [-0.2, -0.15) is 12.1 Å². The molecular formula is C15H10BrN2NaO2. The zero-order valence-corrected chi connectivity index (χ0v) is 14.9. The topological polar surface area (TPSA) is 63.1 Å². The van der Waals surface area contributed by atoms with Gasteiger partial charge in [-0.3, -0.25) is 9.78 Å². The van der Waals surface area contributed by atoms with Gasteiger partial charge in [-0.05, 0) is 17.1 Å². The van der Waals surface area contributed by atoms with E-state index in [1.165, 1.54) is 0 Å². The minimum Gasteiger partial charge on any atom is -0.483 e. The maximum absolute atomic E-state index is 8.36. The minimum absolute atomic E-state index is 0. The second-order valence-corrected chi connectivity index (χ2v) is 4.61. The predicted octanol–water partition coefficient (Wildman–Crippen LogP) is 0.564. The van der Waals surface area contributed by atoms with E-state index in [1.54, 1.807) is 6.20 Å². The maximum atomic E-state index is 8.36. The first-order valence-electron chi connectivity index (χ1n) is 5.72. The monoisotopic (exact) mass is 352 g/mol. The average Bonchev–Trinajstić information content (AvgIpc) is 2.48. The fourth-order valence-electron chi connectivity index (χ4n) is 1.70. The zero-order valence-electron chi connectivity index (χ0n) is 11.3. The summed E-state index contributed by atoms with van der Waals surface area (Å²) in [5, 5.41) is 6.89. The molecule has 0 aliphatic rings. The van der Waals surface area contributed by atoms with Crippen LogP contribution in [0.4, 0.5) is 0 Å². The molecule has 4 nitrogen and oxygen atoms in total. The molecule has 1 N–H and O–H groups in total. The molecule has 3 rings (SSSR count). The van der Waals surface area contributed by atoms with E-state index in [2.05, 4.69) is 32.0 Å². The molecule has 1 aromatic heterocycles. The van der Waals surface area contributed by atoms with Crippen LogP contribution in [0.5, 0.6) is 0 Å². The Hall–Kier alpha value is -1.27. The second kappa shape index (κ2) is 8.89. The van der Waals surface area contributed by atoms with Crippen molar-refractivity contribution in [3.05, 3.63) is 59.2 Å². The Morgan fingerprint density at radius 2 is 1.90 bits per heavy atom. The van der Waals surface area contributed by atoms with Gasteiger partial charge in [0.2, 0.25) is 0 Å². The molecule has 0 atom stereocenters. The fourth-order valence-corrected chi connectivity index (χ4v) is 2.19. The molecule has 0 radical (unpaired) electrons. The Bertz CT molecular complexity index is 737. The van der Waals surface area contributed by atoms with Crippen molar-refractivity contribution in [1.82, 2.24) is 9.97 Å². The first kappa shape index (κ1) is 17.8. The molecule has 0 unspecified atom stereocenters. The Kier molecular flexibility index (Phi) is 7.53. The van der Waals surface area contributed by atoms with Crippen LogP contribution in [0.2, 0.25) is 0 Å². The number of hydrogen-bond acceptors (Lipinski definition) is 3. The summed E-state index contributed by atoms with van der Waals surface area (Å²) in [5.41, 5.74) is 3.67. The van der Waals surface area contributed by atoms with Gasteiger partial charge in [-0.25, -0.2) is 0 Å².